The molecule has 0 saturated heterocycles. The first-order valence-electron chi connectivity index (χ1n) is 4.81. The van der Waals surface area contributed by atoms with E-state index in [0.29, 0.717) is 12.0 Å². The maximum absolute atomic E-state index is 12.5. The van der Waals surface area contributed by atoms with E-state index in [1.54, 1.807) is 6.92 Å². The molecule has 0 spiro atoms. The van der Waals surface area contributed by atoms with Crippen LogP contribution < -0.4 is 4.90 Å². The monoisotopic (exact) mass is 215 g/mol. The van der Waals surface area contributed by atoms with E-state index in [0.717, 1.165) is 17.8 Å². The second-order valence-corrected chi connectivity index (χ2v) is 3.97. The van der Waals surface area contributed by atoms with Crippen molar-refractivity contribution >= 4 is 5.69 Å². The van der Waals surface area contributed by atoms with E-state index in [1.165, 1.54) is 12.1 Å². The maximum atomic E-state index is 12.5. The molecule has 0 bridgehead atoms. The predicted octanol–water partition coefficient (Wildman–Crippen LogP) is 3.01. The average Bonchev–Trinajstić information content (AvgIpc) is 2.46. The molecule has 1 aromatic rings. The third-order valence-electron chi connectivity index (χ3n) is 2.81. The minimum Gasteiger partial charge on any atom is -0.374 e. The van der Waals surface area contributed by atoms with Crippen molar-refractivity contribution in [3.05, 3.63) is 28.8 Å². The maximum Gasteiger partial charge on any atom is 0.416 e. The molecule has 0 unspecified atom stereocenters. The van der Waals surface area contributed by atoms with Gasteiger partial charge in [-0.2, -0.15) is 13.2 Å². The number of benzene rings is 1. The molecule has 0 aliphatic carbocycles. The van der Waals surface area contributed by atoms with E-state index < -0.39 is 11.7 Å². The summed E-state index contributed by atoms with van der Waals surface area (Å²) in [5.41, 5.74) is 1.95. The topological polar surface area (TPSA) is 3.24 Å². The summed E-state index contributed by atoms with van der Waals surface area (Å²) in [6, 6.07) is 2.49. The molecule has 1 heterocycles. The normalized spacial score (nSPS) is 15.7. The van der Waals surface area contributed by atoms with Gasteiger partial charge >= 0.3 is 6.18 Å². The van der Waals surface area contributed by atoms with Crippen LogP contribution in [0, 0.1) is 6.92 Å². The quantitative estimate of drug-likeness (QED) is 0.643. The van der Waals surface area contributed by atoms with Gasteiger partial charge in [-0.3, -0.25) is 0 Å². The van der Waals surface area contributed by atoms with Crippen molar-refractivity contribution in [2.45, 2.75) is 19.5 Å². The van der Waals surface area contributed by atoms with Crippen LogP contribution in [0.2, 0.25) is 0 Å². The van der Waals surface area contributed by atoms with Crippen LogP contribution in [-0.4, -0.2) is 13.6 Å². The number of fused-ring (bicyclic) bond motifs is 1. The van der Waals surface area contributed by atoms with E-state index >= 15 is 0 Å². The SMILES string of the molecule is Cc1cc(C(F)(F)F)cc2c1N(C)CC2. The van der Waals surface area contributed by atoms with Crippen LogP contribution in [0.3, 0.4) is 0 Å². The van der Waals surface area contributed by atoms with Gasteiger partial charge in [0.05, 0.1) is 5.56 Å². The number of hydrogen-bond acceptors (Lipinski definition) is 1. The van der Waals surface area contributed by atoms with Gasteiger partial charge in [-0.15, -0.1) is 0 Å². The Morgan fingerprint density at radius 1 is 1.27 bits per heavy atom. The lowest BCUT2D eigenvalue weighted by Crippen LogP contribution is -2.14. The number of hydrogen-bond donors (Lipinski definition) is 0. The van der Waals surface area contributed by atoms with Gasteiger partial charge in [0.25, 0.3) is 0 Å². The molecule has 4 heteroatoms. The molecule has 0 radical (unpaired) electrons. The van der Waals surface area contributed by atoms with E-state index in [-0.39, 0.29) is 0 Å². The van der Waals surface area contributed by atoms with Crippen LogP contribution in [0.4, 0.5) is 18.9 Å². The molecule has 2 rings (SSSR count). The summed E-state index contributed by atoms with van der Waals surface area (Å²) < 4.78 is 37.6. The number of alkyl halides is 3. The third kappa shape index (κ3) is 1.68. The Morgan fingerprint density at radius 2 is 1.93 bits per heavy atom. The molecule has 1 aliphatic rings. The number of rotatable bonds is 0. The largest absolute Gasteiger partial charge is 0.416 e. The molecule has 0 saturated carbocycles. The molecule has 0 atom stereocenters. The zero-order chi connectivity index (χ0) is 11.2. The van der Waals surface area contributed by atoms with Crippen LogP contribution >= 0.6 is 0 Å². The van der Waals surface area contributed by atoms with Gasteiger partial charge in [0.1, 0.15) is 0 Å². The Kier molecular flexibility index (Phi) is 2.17. The van der Waals surface area contributed by atoms with Gasteiger partial charge in [0, 0.05) is 19.3 Å². The van der Waals surface area contributed by atoms with Gasteiger partial charge in [-0.1, -0.05) is 0 Å². The summed E-state index contributed by atoms with van der Waals surface area (Å²) in [5.74, 6) is 0. The van der Waals surface area contributed by atoms with E-state index in [2.05, 4.69) is 0 Å². The van der Waals surface area contributed by atoms with E-state index in [4.69, 9.17) is 0 Å². The standard InChI is InChI=1S/C11H12F3N/c1-7-5-9(11(12,13)14)6-8-3-4-15(2)10(7)8/h5-6H,3-4H2,1-2H3. The summed E-state index contributed by atoms with van der Waals surface area (Å²) in [4.78, 5) is 2.00. The summed E-state index contributed by atoms with van der Waals surface area (Å²) in [7, 11) is 1.91. The molecule has 15 heavy (non-hydrogen) atoms. The lowest BCUT2D eigenvalue weighted by Gasteiger charge is -2.16. The van der Waals surface area contributed by atoms with Crippen LogP contribution in [0.15, 0.2) is 12.1 Å². The van der Waals surface area contributed by atoms with Crippen LogP contribution in [0.5, 0.6) is 0 Å². The molecule has 0 amide bonds. The van der Waals surface area contributed by atoms with Gasteiger partial charge < -0.3 is 4.90 Å². The number of anilines is 1. The first-order valence-corrected chi connectivity index (χ1v) is 4.81. The predicted molar refractivity (Wildman–Crippen MR) is 53.2 cm³/mol. The second-order valence-electron chi connectivity index (χ2n) is 3.97. The Bertz CT molecular complexity index is 396. The third-order valence-corrected chi connectivity index (χ3v) is 2.81. The molecule has 0 fully saturated rings. The minimum atomic E-state index is -4.24. The van der Waals surface area contributed by atoms with Crippen molar-refractivity contribution in [1.29, 1.82) is 0 Å². The fourth-order valence-corrected chi connectivity index (χ4v) is 2.15. The van der Waals surface area contributed by atoms with Gasteiger partial charge in [0.2, 0.25) is 0 Å². The van der Waals surface area contributed by atoms with E-state index in [9.17, 15) is 13.2 Å². The zero-order valence-electron chi connectivity index (χ0n) is 8.65. The molecule has 82 valence electrons. The molecule has 0 N–H and O–H groups in total. The molecule has 1 nitrogen and oxygen atoms in total. The Balaban J connectivity index is 2.54. The number of likely N-dealkylation sites (N-methyl/N-ethyl adjacent to an activating group) is 1. The van der Waals surface area contributed by atoms with Gasteiger partial charge in [0.15, 0.2) is 0 Å². The van der Waals surface area contributed by atoms with Crippen LogP contribution in [0.1, 0.15) is 16.7 Å². The van der Waals surface area contributed by atoms with Crippen molar-refractivity contribution in [2.24, 2.45) is 0 Å². The van der Waals surface area contributed by atoms with Crippen LogP contribution in [-0.2, 0) is 12.6 Å². The van der Waals surface area contributed by atoms with Crippen molar-refractivity contribution in [3.63, 3.8) is 0 Å². The Hall–Kier alpha value is -1.19. The Labute approximate surface area is 86.5 Å². The van der Waals surface area contributed by atoms with Crippen molar-refractivity contribution in [1.82, 2.24) is 0 Å². The zero-order valence-corrected chi connectivity index (χ0v) is 8.65. The number of nitrogens with zero attached hydrogens (tertiary/aromatic N) is 1. The fraction of sp³-hybridized carbons (Fsp3) is 0.455. The van der Waals surface area contributed by atoms with Crippen LogP contribution in [0.25, 0.3) is 0 Å². The van der Waals surface area contributed by atoms with Crippen molar-refractivity contribution in [3.8, 4) is 0 Å². The average molecular weight is 215 g/mol. The summed E-state index contributed by atoms with van der Waals surface area (Å²) in [6.45, 7) is 2.54. The molecule has 1 aromatic carbocycles. The van der Waals surface area contributed by atoms with Crippen molar-refractivity contribution in [2.75, 3.05) is 18.5 Å². The number of halogens is 3. The second kappa shape index (κ2) is 3.15. The summed E-state index contributed by atoms with van der Waals surface area (Å²) in [5, 5.41) is 0. The first kappa shape index (κ1) is 10.3. The van der Waals surface area contributed by atoms with E-state index in [1.807, 2.05) is 11.9 Å². The first-order chi connectivity index (χ1) is 6.89. The molecule has 0 aromatic heterocycles. The highest BCUT2D eigenvalue weighted by Gasteiger charge is 2.32. The highest BCUT2D eigenvalue weighted by molar-refractivity contribution is 5.63. The highest BCUT2D eigenvalue weighted by Crippen LogP contribution is 2.37. The summed E-state index contributed by atoms with van der Waals surface area (Å²) >= 11 is 0. The minimum absolute atomic E-state index is 0.533. The fourth-order valence-electron chi connectivity index (χ4n) is 2.15. The van der Waals surface area contributed by atoms with Gasteiger partial charge in [-0.05, 0) is 36.6 Å². The Morgan fingerprint density at radius 3 is 2.53 bits per heavy atom. The summed E-state index contributed by atoms with van der Waals surface area (Å²) in [6.07, 6.45) is -3.53. The van der Waals surface area contributed by atoms with Gasteiger partial charge in [-0.25, -0.2) is 0 Å². The molecular formula is C11H12F3N. The highest BCUT2D eigenvalue weighted by atomic mass is 19.4. The smallest absolute Gasteiger partial charge is 0.374 e. The van der Waals surface area contributed by atoms with Crippen molar-refractivity contribution < 1.29 is 13.2 Å². The lowest BCUT2D eigenvalue weighted by atomic mass is 10.0. The molecule has 1 aliphatic heterocycles. The molecular weight excluding hydrogens is 203 g/mol. The lowest BCUT2D eigenvalue weighted by molar-refractivity contribution is -0.137. The number of aryl methyl sites for hydroxylation is 1.